The summed E-state index contributed by atoms with van der Waals surface area (Å²) in [5.74, 6) is -0.793. The highest BCUT2D eigenvalue weighted by Crippen LogP contribution is 2.18. The smallest absolute Gasteiger partial charge is 0.306 e. The second-order valence-electron chi connectivity index (χ2n) is 11.0. The number of carboxylic acids is 1. The van der Waals surface area contributed by atoms with E-state index in [9.17, 15) is 9.59 Å². The number of aliphatic carboxylic acids is 1. The highest BCUT2D eigenvalue weighted by molar-refractivity contribution is 5.69. The van der Waals surface area contributed by atoms with Crippen LogP contribution in [-0.2, 0) is 14.3 Å². The lowest BCUT2D eigenvalue weighted by atomic mass is 10.0. The van der Waals surface area contributed by atoms with Crippen LogP contribution in [0.25, 0.3) is 0 Å². The van der Waals surface area contributed by atoms with Crippen molar-refractivity contribution in [3.05, 3.63) is 48.6 Å². The van der Waals surface area contributed by atoms with Crippen molar-refractivity contribution in [2.75, 3.05) is 0 Å². The minimum atomic E-state index is -0.721. The molecule has 4 nitrogen and oxygen atoms in total. The average Bonchev–Trinajstić information content (AvgIpc) is 2.93. The fraction of sp³-hybridized carbons (Fsp3) is 0.722. The second-order valence-corrected chi connectivity index (χ2v) is 11.0. The lowest BCUT2D eigenvalue weighted by molar-refractivity contribution is -0.150. The van der Waals surface area contributed by atoms with Crippen LogP contribution in [-0.4, -0.2) is 23.1 Å². The molecule has 230 valence electrons. The summed E-state index contributed by atoms with van der Waals surface area (Å²) in [6.07, 6.45) is 41.2. The van der Waals surface area contributed by atoms with Crippen LogP contribution in [0.15, 0.2) is 48.6 Å². The molecular weight excluding hydrogens is 496 g/mol. The number of carboxylic acid groups (broad SMARTS) is 1. The number of carbonyl (C=O) groups excluding carboxylic acids is 1. The average molecular weight is 559 g/mol. The molecule has 0 bridgehead atoms. The number of carbonyl (C=O) groups is 2. The van der Waals surface area contributed by atoms with E-state index in [0.717, 1.165) is 77.0 Å². The molecule has 1 atom stereocenters. The summed E-state index contributed by atoms with van der Waals surface area (Å²) in [6, 6.07) is 0. The maximum atomic E-state index is 12.5. The lowest BCUT2D eigenvalue weighted by Gasteiger charge is -2.18. The highest BCUT2D eigenvalue weighted by atomic mass is 16.5. The summed E-state index contributed by atoms with van der Waals surface area (Å²) in [5, 5.41) is 8.78. The summed E-state index contributed by atoms with van der Waals surface area (Å²) in [4.78, 5) is 23.1. The standard InChI is InChI=1S/C36H62O4/c1-3-5-7-9-11-12-13-14-15-16-17-18-19-20-21-23-29-33-36(39)40-34(30-26-22-10-8-6-4-2)31-27-24-25-28-32-35(37)38/h11-12,14-15,17-18,20-21,34H,3-10,13,16,19,22-33H2,1-2H3,(H,37,38)/b12-11-,15-14-,18-17-,21-20-. The first kappa shape index (κ1) is 37.9. The summed E-state index contributed by atoms with van der Waals surface area (Å²) >= 11 is 0. The molecule has 0 amide bonds. The van der Waals surface area contributed by atoms with E-state index in [4.69, 9.17) is 9.84 Å². The van der Waals surface area contributed by atoms with Gasteiger partial charge >= 0.3 is 11.9 Å². The Bertz CT molecular complexity index is 689. The molecule has 0 aromatic rings. The molecule has 0 saturated carbocycles. The third kappa shape index (κ3) is 30.4. The lowest BCUT2D eigenvalue weighted by Crippen LogP contribution is -2.18. The molecule has 0 aliphatic carbocycles. The van der Waals surface area contributed by atoms with E-state index in [1.165, 1.54) is 57.8 Å². The van der Waals surface area contributed by atoms with Gasteiger partial charge in [0, 0.05) is 12.8 Å². The van der Waals surface area contributed by atoms with Crippen molar-refractivity contribution in [2.24, 2.45) is 0 Å². The molecule has 0 fully saturated rings. The molecule has 0 rings (SSSR count). The first-order chi connectivity index (χ1) is 19.6. The third-order valence-electron chi connectivity index (χ3n) is 7.05. The topological polar surface area (TPSA) is 63.6 Å². The van der Waals surface area contributed by atoms with Crippen molar-refractivity contribution < 1.29 is 19.4 Å². The monoisotopic (exact) mass is 558 g/mol. The number of hydrogen-bond donors (Lipinski definition) is 1. The van der Waals surface area contributed by atoms with Gasteiger partial charge in [-0.1, -0.05) is 120 Å². The van der Waals surface area contributed by atoms with Crippen molar-refractivity contribution >= 4 is 11.9 Å². The fourth-order valence-electron chi connectivity index (χ4n) is 4.59. The van der Waals surface area contributed by atoms with Crippen LogP contribution in [0.4, 0.5) is 0 Å². The van der Waals surface area contributed by atoms with Crippen molar-refractivity contribution in [1.29, 1.82) is 0 Å². The van der Waals surface area contributed by atoms with E-state index < -0.39 is 5.97 Å². The van der Waals surface area contributed by atoms with Crippen molar-refractivity contribution in [3.63, 3.8) is 0 Å². The number of hydrogen-bond acceptors (Lipinski definition) is 3. The summed E-state index contributed by atoms with van der Waals surface area (Å²) in [5.41, 5.74) is 0. The molecule has 0 aliphatic heterocycles. The summed E-state index contributed by atoms with van der Waals surface area (Å²) in [6.45, 7) is 4.47. The first-order valence-electron chi connectivity index (χ1n) is 16.6. The van der Waals surface area contributed by atoms with Gasteiger partial charge in [-0.2, -0.15) is 0 Å². The molecule has 4 heteroatoms. The van der Waals surface area contributed by atoms with Crippen molar-refractivity contribution in [1.82, 2.24) is 0 Å². The number of esters is 1. The van der Waals surface area contributed by atoms with Crippen LogP contribution in [0.1, 0.15) is 162 Å². The van der Waals surface area contributed by atoms with Gasteiger partial charge in [0.05, 0.1) is 0 Å². The van der Waals surface area contributed by atoms with Gasteiger partial charge in [0.15, 0.2) is 0 Å². The Hall–Kier alpha value is -2.10. The maximum absolute atomic E-state index is 12.5. The zero-order chi connectivity index (χ0) is 29.4. The van der Waals surface area contributed by atoms with Gasteiger partial charge in [0.25, 0.3) is 0 Å². The van der Waals surface area contributed by atoms with E-state index in [2.05, 4.69) is 62.5 Å². The second kappa shape index (κ2) is 31.4. The van der Waals surface area contributed by atoms with Crippen LogP contribution in [0.3, 0.4) is 0 Å². The van der Waals surface area contributed by atoms with Crippen LogP contribution in [0.5, 0.6) is 0 Å². The Morgan fingerprint density at radius 3 is 1.55 bits per heavy atom. The van der Waals surface area contributed by atoms with Gasteiger partial charge in [-0.15, -0.1) is 0 Å². The van der Waals surface area contributed by atoms with Gasteiger partial charge in [0.1, 0.15) is 6.10 Å². The quantitative estimate of drug-likeness (QED) is 0.0563. The minimum Gasteiger partial charge on any atom is -0.481 e. The molecule has 1 unspecified atom stereocenters. The largest absolute Gasteiger partial charge is 0.481 e. The predicted octanol–water partition coefficient (Wildman–Crippen LogP) is 11.2. The van der Waals surface area contributed by atoms with E-state index in [-0.39, 0.29) is 18.5 Å². The Labute approximate surface area is 247 Å². The fourth-order valence-corrected chi connectivity index (χ4v) is 4.59. The molecule has 0 spiro atoms. The number of allylic oxidation sites excluding steroid dienone is 8. The third-order valence-corrected chi connectivity index (χ3v) is 7.05. The van der Waals surface area contributed by atoms with Gasteiger partial charge in [0.2, 0.25) is 0 Å². The van der Waals surface area contributed by atoms with E-state index in [0.29, 0.717) is 6.42 Å². The number of unbranched alkanes of at least 4 members (excludes halogenated alkanes) is 12. The molecule has 0 aromatic heterocycles. The Kier molecular flexibility index (Phi) is 29.8. The molecule has 0 saturated heterocycles. The molecule has 0 heterocycles. The van der Waals surface area contributed by atoms with Crippen molar-refractivity contribution in [3.8, 4) is 0 Å². The highest BCUT2D eigenvalue weighted by Gasteiger charge is 2.14. The zero-order valence-corrected chi connectivity index (χ0v) is 26.1. The predicted molar refractivity (Wildman–Crippen MR) is 172 cm³/mol. The van der Waals surface area contributed by atoms with Crippen molar-refractivity contribution in [2.45, 2.75) is 168 Å². The first-order valence-corrected chi connectivity index (χ1v) is 16.6. The summed E-state index contributed by atoms with van der Waals surface area (Å²) in [7, 11) is 0. The van der Waals surface area contributed by atoms with Gasteiger partial charge in [-0.3, -0.25) is 9.59 Å². The van der Waals surface area contributed by atoms with E-state index >= 15 is 0 Å². The molecule has 0 radical (unpaired) electrons. The normalized spacial score (nSPS) is 12.8. The molecule has 0 aromatic carbocycles. The SMILES string of the molecule is CCCCC/C=C\C/C=C\C/C=C\C/C=C\CCCC(=O)OC(CCCCCCCC)CCCCCCC(=O)O. The summed E-state index contributed by atoms with van der Waals surface area (Å²) < 4.78 is 5.87. The molecular formula is C36H62O4. The molecule has 40 heavy (non-hydrogen) atoms. The van der Waals surface area contributed by atoms with Crippen LogP contribution >= 0.6 is 0 Å². The molecule has 0 aliphatic rings. The van der Waals surface area contributed by atoms with Gasteiger partial charge in [-0.05, 0) is 77.0 Å². The van der Waals surface area contributed by atoms with Crippen LogP contribution in [0, 0.1) is 0 Å². The minimum absolute atomic E-state index is 0.00898. The maximum Gasteiger partial charge on any atom is 0.306 e. The van der Waals surface area contributed by atoms with E-state index in [1.807, 2.05) is 0 Å². The van der Waals surface area contributed by atoms with E-state index in [1.54, 1.807) is 0 Å². The Balaban J connectivity index is 4.05. The zero-order valence-electron chi connectivity index (χ0n) is 26.1. The molecule has 1 N–H and O–H groups in total. The number of ether oxygens (including phenoxy) is 1. The number of rotatable bonds is 29. The van der Waals surface area contributed by atoms with Gasteiger partial charge < -0.3 is 9.84 Å². The van der Waals surface area contributed by atoms with Gasteiger partial charge in [-0.25, -0.2) is 0 Å². The van der Waals surface area contributed by atoms with Crippen LogP contribution in [0.2, 0.25) is 0 Å². The van der Waals surface area contributed by atoms with Crippen LogP contribution < -0.4 is 0 Å². The Morgan fingerprint density at radius 2 is 1.00 bits per heavy atom. The Morgan fingerprint density at radius 1 is 0.550 bits per heavy atom.